The number of benzene rings is 1. The van der Waals surface area contributed by atoms with Crippen LogP contribution in [0.4, 0.5) is 8.78 Å². The molecule has 1 aromatic rings. The first-order valence-electron chi connectivity index (χ1n) is 13.9. The Hall–Kier alpha value is -1.70. The fourth-order valence-corrected chi connectivity index (χ4v) is 5.44. The normalized spacial score (nSPS) is 21.2. The van der Waals surface area contributed by atoms with Crippen LogP contribution in [0.2, 0.25) is 0 Å². The summed E-state index contributed by atoms with van der Waals surface area (Å²) in [6.45, 7) is 13.6. The highest BCUT2D eigenvalue weighted by Crippen LogP contribution is 2.50. The fraction of sp³-hybridized carbons (Fsp3) is 0.625. The molecule has 34 heavy (non-hydrogen) atoms. The number of aryl methyl sites for hydroxylation is 1. The summed E-state index contributed by atoms with van der Waals surface area (Å²) in [5.41, 5.74) is 3.62. The lowest BCUT2D eigenvalue weighted by Gasteiger charge is -2.28. The quantitative estimate of drug-likeness (QED) is 0.348. The van der Waals surface area contributed by atoms with Crippen molar-refractivity contribution in [2.75, 3.05) is 0 Å². The maximum Gasteiger partial charge on any atom is 0.133 e. The minimum atomic E-state index is -1.30. The van der Waals surface area contributed by atoms with Gasteiger partial charge in [-0.3, -0.25) is 0 Å². The maximum atomic E-state index is 14.6. The van der Waals surface area contributed by atoms with Gasteiger partial charge in [0.15, 0.2) is 0 Å². The summed E-state index contributed by atoms with van der Waals surface area (Å²) in [6, 6.07) is 8.37. The van der Waals surface area contributed by atoms with Crippen molar-refractivity contribution in [3.05, 3.63) is 71.1 Å². The Morgan fingerprint density at radius 1 is 1.03 bits per heavy atom. The third-order valence-electron chi connectivity index (χ3n) is 7.66. The molecule has 3 aliphatic rings. The summed E-state index contributed by atoms with van der Waals surface area (Å²) in [5, 5.41) is 0. The minimum absolute atomic E-state index is 0.0218. The van der Waals surface area contributed by atoms with Gasteiger partial charge in [0.05, 0.1) is 0 Å². The molecule has 1 aromatic carbocycles. The fourth-order valence-electron chi connectivity index (χ4n) is 5.44. The van der Waals surface area contributed by atoms with Gasteiger partial charge >= 0.3 is 0 Å². The van der Waals surface area contributed by atoms with E-state index in [1.54, 1.807) is 6.92 Å². The van der Waals surface area contributed by atoms with Gasteiger partial charge in [0.25, 0.3) is 0 Å². The van der Waals surface area contributed by atoms with E-state index in [0.29, 0.717) is 18.3 Å². The van der Waals surface area contributed by atoms with Crippen LogP contribution in [0.5, 0.6) is 0 Å². The topological polar surface area (TPSA) is 0 Å². The van der Waals surface area contributed by atoms with Crippen molar-refractivity contribution in [2.24, 2.45) is 11.8 Å². The summed E-state index contributed by atoms with van der Waals surface area (Å²) in [6.07, 6.45) is 15.9. The maximum absolute atomic E-state index is 14.6. The van der Waals surface area contributed by atoms with E-state index >= 15 is 0 Å². The average Bonchev–Trinajstić information content (AvgIpc) is 3.71. The molecule has 0 aliphatic heterocycles. The van der Waals surface area contributed by atoms with Gasteiger partial charge in [0, 0.05) is 12.3 Å². The molecule has 0 amide bonds. The summed E-state index contributed by atoms with van der Waals surface area (Å²) in [4.78, 5) is 0. The van der Waals surface area contributed by atoms with Crippen molar-refractivity contribution in [1.82, 2.24) is 0 Å². The average molecular weight is 471 g/mol. The Kier molecular flexibility index (Phi) is 11.8. The van der Waals surface area contributed by atoms with Gasteiger partial charge in [-0.05, 0) is 80.4 Å². The van der Waals surface area contributed by atoms with Crippen molar-refractivity contribution in [3.63, 3.8) is 0 Å². The molecular formula is C32H48F2. The Balaban J connectivity index is 0.000000225. The van der Waals surface area contributed by atoms with Gasteiger partial charge in [0.1, 0.15) is 11.5 Å². The largest absolute Gasteiger partial charge is 0.239 e. The minimum Gasteiger partial charge on any atom is -0.239 e. The molecule has 0 nitrogen and oxygen atoms in total. The van der Waals surface area contributed by atoms with Crippen molar-refractivity contribution in [3.8, 4) is 0 Å². The van der Waals surface area contributed by atoms with Crippen LogP contribution in [-0.4, -0.2) is 5.67 Å². The van der Waals surface area contributed by atoms with E-state index in [1.165, 1.54) is 49.3 Å². The zero-order valence-electron chi connectivity index (χ0n) is 22.4. The van der Waals surface area contributed by atoms with E-state index in [9.17, 15) is 8.78 Å². The van der Waals surface area contributed by atoms with Crippen molar-refractivity contribution in [1.29, 1.82) is 0 Å². The number of halogens is 2. The highest BCUT2D eigenvalue weighted by molar-refractivity contribution is 5.33. The van der Waals surface area contributed by atoms with Gasteiger partial charge in [-0.25, -0.2) is 8.78 Å². The van der Waals surface area contributed by atoms with Gasteiger partial charge < -0.3 is 0 Å². The molecule has 3 aliphatic carbocycles. The molecular weight excluding hydrogens is 422 g/mol. The van der Waals surface area contributed by atoms with Crippen LogP contribution in [0.1, 0.15) is 116 Å². The van der Waals surface area contributed by atoms with Gasteiger partial charge in [0.2, 0.25) is 0 Å². The standard InChI is InChI=1S/C16H21F.C14H21F.C2H6/c1-4-12-7-6-8-14(11-12)15(13-9-10-13)16(3,17)5-2;1-2-11-8-9-14(15)13(10-11)12-6-4-3-5-7-12;1-2/h5-8,11,13,15H,2,4,9-10H2,1,3H3;10,12H,2-9H2,1H3;1-2H3. The van der Waals surface area contributed by atoms with E-state index < -0.39 is 5.67 Å². The molecule has 0 N–H and O–H groups in total. The summed E-state index contributed by atoms with van der Waals surface area (Å²) in [7, 11) is 0. The molecule has 0 heterocycles. The lowest BCUT2D eigenvalue weighted by atomic mass is 9.80. The van der Waals surface area contributed by atoms with E-state index in [-0.39, 0.29) is 11.7 Å². The predicted molar refractivity (Wildman–Crippen MR) is 145 cm³/mol. The molecule has 2 fully saturated rings. The molecule has 0 aromatic heterocycles. The lowest BCUT2D eigenvalue weighted by Crippen LogP contribution is -2.27. The Bertz CT molecular complexity index is 819. The zero-order chi connectivity index (χ0) is 25.1. The summed E-state index contributed by atoms with van der Waals surface area (Å²) >= 11 is 0. The van der Waals surface area contributed by atoms with E-state index in [4.69, 9.17) is 0 Å². The first kappa shape index (κ1) is 28.5. The number of hydrogen-bond acceptors (Lipinski definition) is 0. The molecule has 2 atom stereocenters. The Morgan fingerprint density at radius 3 is 2.26 bits per heavy atom. The van der Waals surface area contributed by atoms with Crippen LogP contribution < -0.4 is 0 Å². The molecule has 190 valence electrons. The van der Waals surface area contributed by atoms with Gasteiger partial charge in [-0.15, -0.1) is 0 Å². The predicted octanol–water partition coefficient (Wildman–Crippen LogP) is 10.6. The van der Waals surface area contributed by atoms with E-state index in [1.807, 2.05) is 19.9 Å². The molecule has 2 unspecified atom stereocenters. The van der Waals surface area contributed by atoms with Crippen LogP contribution in [0, 0.1) is 11.8 Å². The second kappa shape index (κ2) is 14.0. The Labute approximate surface area is 208 Å². The van der Waals surface area contributed by atoms with Gasteiger partial charge in [-0.1, -0.05) is 95.5 Å². The third kappa shape index (κ3) is 7.92. The van der Waals surface area contributed by atoms with Crippen LogP contribution >= 0.6 is 0 Å². The molecule has 0 saturated heterocycles. The second-order valence-corrected chi connectivity index (χ2v) is 10.1. The molecule has 0 spiro atoms. The number of alkyl halides is 1. The summed E-state index contributed by atoms with van der Waals surface area (Å²) < 4.78 is 28.4. The molecule has 0 bridgehead atoms. The number of hydrogen-bond donors (Lipinski definition) is 0. The van der Waals surface area contributed by atoms with Crippen LogP contribution in [0.15, 0.2) is 60.0 Å². The van der Waals surface area contributed by atoms with E-state index in [2.05, 4.69) is 44.7 Å². The number of allylic oxidation sites excluding steroid dienone is 5. The third-order valence-corrected chi connectivity index (χ3v) is 7.66. The van der Waals surface area contributed by atoms with E-state index in [0.717, 1.165) is 43.2 Å². The van der Waals surface area contributed by atoms with Crippen molar-refractivity contribution < 1.29 is 8.78 Å². The summed E-state index contributed by atoms with van der Waals surface area (Å²) in [5.74, 6) is 1.18. The second-order valence-electron chi connectivity index (χ2n) is 10.1. The monoisotopic (exact) mass is 470 g/mol. The highest BCUT2D eigenvalue weighted by atomic mass is 19.1. The van der Waals surface area contributed by atoms with Gasteiger partial charge in [-0.2, -0.15) is 0 Å². The van der Waals surface area contributed by atoms with Crippen molar-refractivity contribution in [2.45, 2.75) is 117 Å². The smallest absolute Gasteiger partial charge is 0.133 e. The Morgan fingerprint density at radius 2 is 1.71 bits per heavy atom. The van der Waals surface area contributed by atoms with Crippen LogP contribution in [-0.2, 0) is 6.42 Å². The van der Waals surface area contributed by atoms with Crippen LogP contribution in [0.25, 0.3) is 0 Å². The van der Waals surface area contributed by atoms with Crippen molar-refractivity contribution >= 4 is 0 Å². The molecule has 0 radical (unpaired) electrons. The molecule has 4 rings (SSSR count). The first-order valence-corrected chi connectivity index (χ1v) is 13.9. The molecule has 2 saturated carbocycles. The molecule has 2 heteroatoms. The first-order chi connectivity index (χ1) is 16.4. The SMILES string of the molecule is C=CC(C)(F)C(c1cccc(CC)c1)C1CC1.CC.CCC1=CC(C2CCCCC2)=C(F)CC1. The van der Waals surface area contributed by atoms with Crippen LogP contribution in [0.3, 0.4) is 0 Å². The lowest BCUT2D eigenvalue weighted by molar-refractivity contribution is 0.193. The zero-order valence-corrected chi connectivity index (χ0v) is 22.4. The highest BCUT2D eigenvalue weighted by Gasteiger charge is 2.43. The number of rotatable bonds is 7.